The van der Waals surface area contributed by atoms with Crippen LogP contribution < -0.4 is 5.32 Å². The number of carbonyl (C=O) groups excluding carboxylic acids is 1. The SMILES string of the molecule is C=C(C)NCCCc1cc([C@@H]2CC[C@@H]3CN2C(=O)N3OCc2ccccc2)no1. The van der Waals surface area contributed by atoms with Gasteiger partial charge in [0.1, 0.15) is 18.1 Å². The van der Waals surface area contributed by atoms with Crippen LogP contribution in [0.25, 0.3) is 0 Å². The summed E-state index contributed by atoms with van der Waals surface area (Å²) in [5.41, 5.74) is 2.85. The van der Waals surface area contributed by atoms with Gasteiger partial charge < -0.3 is 14.7 Å². The minimum atomic E-state index is -0.0800. The van der Waals surface area contributed by atoms with Crippen LogP contribution in [0.4, 0.5) is 4.79 Å². The zero-order chi connectivity index (χ0) is 20.2. The molecule has 2 fully saturated rings. The fourth-order valence-electron chi connectivity index (χ4n) is 3.99. The van der Waals surface area contributed by atoms with E-state index in [1.54, 1.807) is 5.06 Å². The van der Waals surface area contributed by atoms with E-state index >= 15 is 0 Å². The standard InChI is InChI=1S/C22H28N4O3/c1-16(2)23-12-6-9-19-13-20(24-29-19)21-11-10-18-14-25(21)22(27)26(18)28-15-17-7-4-3-5-8-17/h3-5,7-8,13,18,21,23H,1,6,9-12,14-15H2,2H3/t18-,21+/m1/s1. The van der Waals surface area contributed by atoms with Gasteiger partial charge in [-0.15, -0.1) is 0 Å². The van der Waals surface area contributed by atoms with E-state index in [1.807, 2.05) is 48.2 Å². The van der Waals surface area contributed by atoms with E-state index in [2.05, 4.69) is 17.1 Å². The Morgan fingerprint density at radius 3 is 2.97 bits per heavy atom. The highest BCUT2D eigenvalue weighted by Crippen LogP contribution is 2.38. The lowest BCUT2D eigenvalue weighted by Crippen LogP contribution is -2.34. The minimum Gasteiger partial charge on any atom is -0.389 e. The first-order valence-corrected chi connectivity index (χ1v) is 10.2. The molecule has 0 spiro atoms. The number of aryl methyl sites for hydroxylation is 1. The molecule has 4 rings (SSSR count). The summed E-state index contributed by atoms with van der Waals surface area (Å²) < 4.78 is 5.52. The fourth-order valence-corrected chi connectivity index (χ4v) is 3.99. The normalized spacial score (nSPS) is 20.9. The Labute approximate surface area is 171 Å². The number of hydrogen-bond donors (Lipinski definition) is 1. The third kappa shape index (κ3) is 4.45. The Hall–Kier alpha value is -2.80. The Kier molecular flexibility index (Phi) is 5.85. The highest BCUT2D eigenvalue weighted by molar-refractivity contribution is 5.77. The van der Waals surface area contributed by atoms with Gasteiger partial charge in [0.05, 0.1) is 12.1 Å². The summed E-state index contributed by atoms with van der Waals surface area (Å²) >= 11 is 0. The van der Waals surface area contributed by atoms with Crippen LogP contribution in [-0.4, -0.2) is 40.3 Å². The van der Waals surface area contributed by atoms with Crippen molar-refractivity contribution in [3.8, 4) is 0 Å². The maximum absolute atomic E-state index is 12.9. The van der Waals surface area contributed by atoms with Gasteiger partial charge in [0.25, 0.3) is 0 Å². The highest BCUT2D eigenvalue weighted by atomic mass is 16.7. The van der Waals surface area contributed by atoms with Crippen molar-refractivity contribution in [3.05, 3.63) is 65.7 Å². The second kappa shape index (κ2) is 8.69. The van der Waals surface area contributed by atoms with Gasteiger partial charge in [0.2, 0.25) is 0 Å². The molecule has 2 atom stereocenters. The van der Waals surface area contributed by atoms with Crippen LogP contribution in [0.1, 0.15) is 49.2 Å². The number of fused-ring (bicyclic) bond motifs is 2. The molecule has 2 bridgehead atoms. The van der Waals surface area contributed by atoms with Crippen LogP contribution in [0.3, 0.4) is 0 Å². The minimum absolute atomic E-state index is 0.0462. The molecule has 154 valence electrons. The zero-order valence-corrected chi connectivity index (χ0v) is 16.8. The number of carbonyl (C=O) groups is 1. The maximum atomic E-state index is 12.9. The lowest BCUT2D eigenvalue weighted by atomic mass is 9.98. The summed E-state index contributed by atoms with van der Waals surface area (Å²) in [5.74, 6) is 0.856. The topological polar surface area (TPSA) is 70.8 Å². The zero-order valence-electron chi connectivity index (χ0n) is 16.8. The third-order valence-corrected chi connectivity index (χ3v) is 5.48. The molecule has 0 aliphatic carbocycles. The first-order chi connectivity index (χ1) is 14.1. The highest BCUT2D eigenvalue weighted by Gasteiger charge is 2.46. The first kappa shape index (κ1) is 19.5. The van der Waals surface area contributed by atoms with E-state index in [1.165, 1.54) is 0 Å². The molecule has 1 aromatic heterocycles. The van der Waals surface area contributed by atoms with E-state index in [-0.39, 0.29) is 18.1 Å². The van der Waals surface area contributed by atoms with Crippen molar-refractivity contribution in [2.45, 2.75) is 51.3 Å². The quantitative estimate of drug-likeness (QED) is 0.653. The summed E-state index contributed by atoms with van der Waals surface area (Å²) in [6.45, 7) is 7.70. The number of allylic oxidation sites excluding steroid dienone is 1. The van der Waals surface area contributed by atoms with Crippen LogP contribution in [0.15, 0.2) is 53.2 Å². The number of rotatable bonds is 9. The van der Waals surface area contributed by atoms with E-state index in [0.717, 1.165) is 54.9 Å². The van der Waals surface area contributed by atoms with Crippen LogP contribution >= 0.6 is 0 Å². The van der Waals surface area contributed by atoms with E-state index in [4.69, 9.17) is 9.36 Å². The molecule has 0 radical (unpaired) electrons. The van der Waals surface area contributed by atoms with Crippen molar-refractivity contribution < 1.29 is 14.2 Å². The fraction of sp³-hybridized carbons (Fsp3) is 0.455. The number of amides is 2. The molecule has 0 saturated carbocycles. The summed E-state index contributed by atoms with van der Waals surface area (Å²) in [6, 6.07) is 11.9. The number of hydrogen-bond acceptors (Lipinski definition) is 5. The Morgan fingerprint density at radius 2 is 2.17 bits per heavy atom. The van der Waals surface area contributed by atoms with Gasteiger partial charge in [-0.3, -0.25) is 4.84 Å². The Morgan fingerprint density at radius 1 is 1.34 bits per heavy atom. The largest absolute Gasteiger partial charge is 0.389 e. The van der Waals surface area contributed by atoms with Gasteiger partial charge in [-0.25, -0.2) is 4.79 Å². The van der Waals surface area contributed by atoms with Gasteiger partial charge in [-0.05, 0) is 31.7 Å². The predicted molar refractivity (Wildman–Crippen MR) is 109 cm³/mol. The molecule has 1 N–H and O–H groups in total. The molecule has 3 heterocycles. The number of aromatic nitrogens is 1. The smallest absolute Gasteiger partial charge is 0.344 e. The molecule has 2 aromatic rings. The van der Waals surface area contributed by atoms with Crippen molar-refractivity contribution in [2.75, 3.05) is 13.1 Å². The summed E-state index contributed by atoms with van der Waals surface area (Å²) in [6.07, 6.45) is 3.51. The molecular weight excluding hydrogens is 368 g/mol. The van der Waals surface area contributed by atoms with Crippen molar-refractivity contribution in [3.63, 3.8) is 0 Å². The predicted octanol–water partition coefficient (Wildman–Crippen LogP) is 3.80. The van der Waals surface area contributed by atoms with Crippen LogP contribution in [-0.2, 0) is 17.9 Å². The number of urea groups is 1. The third-order valence-electron chi connectivity index (χ3n) is 5.48. The monoisotopic (exact) mass is 396 g/mol. The second-order valence-corrected chi connectivity index (χ2v) is 7.80. The van der Waals surface area contributed by atoms with Gasteiger partial charge >= 0.3 is 6.03 Å². The average Bonchev–Trinajstić information content (AvgIpc) is 3.29. The molecular formula is C22H28N4O3. The summed E-state index contributed by atoms with van der Waals surface area (Å²) in [7, 11) is 0. The number of piperidine rings is 1. The van der Waals surface area contributed by atoms with Gasteiger partial charge in [-0.2, -0.15) is 5.06 Å². The first-order valence-electron chi connectivity index (χ1n) is 10.2. The van der Waals surface area contributed by atoms with Gasteiger partial charge in [0, 0.05) is 31.3 Å². The van der Waals surface area contributed by atoms with Gasteiger partial charge in [0.15, 0.2) is 0 Å². The molecule has 2 aliphatic rings. The van der Waals surface area contributed by atoms with E-state index < -0.39 is 0 Å². The van der Waals surface area contributed by atoms with Crippen LogP contribution in [0, 0.1) is 0 Å². The lowest BCUT2D eigenvalue weighted by molar-refractivity contribution is -0.140. The maximum Gasteiger partial charge on any atom is 0.344 e. The molecule has 7 heteroatoms. The van der Waals surface area contributed by atoms with Crippen molar-refractivity contribution in [1.29, 1.82) is 0 Å². The van der Waals surface area contributed by atoms with Crippen LogP contribution in [0.5, 0.6) is 0 Å². The molecule has 1 aromatic carbocycles. The number of nitrogens with one attached hydrogen (secondary N) is 1. The summed E-state index contributed by atoms with van der Waals surface area (Å²) in [5, 5.41) is 9.02. The van der Waals surface area contributed by atoms with Crippen LogP contribution in [0.2, 0.25) is 0 Å². The number of hydroxylamine groups is 2. The Balaban J connectivity index is 1.34. The van der Waals surface area contributed by atoms with Gasteiger partial charge in [-0.1, -0.05) is 42.1 Å². The summed E-state index contributed by atoms with van der Waals surface area (Å²) in [4.78, 5) is 20.7. The lowest BCUT2D eigenvalue weighted by Gasteiger charge is -2.28. The van der Waals surface area contributed by atoms with Crippen molar-refractivity contribution in [2.24, 2.45) is 0 Å². The molecule has 7 nitrogen and oxygen atoms in total. The van der Waals surface area contributed by atoms with E-state index in [0.29, 0.717) is 13.2 Å². The Bertz CT molecular complexity index is 851. The molecule has 2 saturated heterocycles. The second-order valence-electron chi connectivity index (χ2n) is 7.80. The number of benzene rings is 1. The molecule has 2 aliphatic heterocycles. The average molecular weight is 396 g/mol. The van der Waals surface area contributed by atoms with E-state index in [9.17, 15) is 4.79 Å². The molecule has 29 heavy (non-hydrogen) atoms. The molecule has 0 unspecified atom stereocenters. The van der Waals surface area contributed by atoms with Crippen molar-refractivity contribution in [1.82, 2.24) is 20.4 Å². The molecule has 2 amide bonds. The number of nitrogens with zero attached hydrogens (tertiary/aromatic N) is 3. The van der Waals surface area contributed by atoms with Crippen molar-refractivity contribution >= 4 is 6.03 Å².